The molecule has 2 nitrogen and oxygen atoms in total. The van der Waals surface area contributed by atoms with Gasteiger partial charge in [-0.15, -0.1) is 12.4 Å². The van der Waals surface area contributed by atoms with Gasteiger partial charge >= 0.3 is 0 Å². The molecule has 0 amide bonds. The normalized spacial score (nSPS) is 8.50. The molecular formula is C7H11ClN2. The molecule has 3 heteroatoms. The highest BCUT2D eigenvalue weighted by Crippen LogP contribution is 2.16. The maximum absolute atomic E-state index is 5.54. The summed E-state index contributed by atoms with van der Waals surface area (Å²) in [6.07, 6.45) is 0. The molecule has 0 aliphatic rings. The second-order valence-corrected chi connectivity index (χ2v) is 2.06. The van der Waals surface area contributed by atoms with Crippen LogP contribution >= 0.6 is 12.4 Å². The van der Waals surface area contributed by atoms with E-state index in [1.54, 1.807) is 0 Å². The molecule has 1 aromatic rings. The fraction of sp³-hybridized carbons (Fsp3) is 0.143. The molecule has 0 saturated heterocycles. The highest BCUT2D eigenvalue weighted by atomic mass is 35.5. The molecule has 0 unspecified atom stereocenters. The lowest BCUT2D eigenvalue weighted by atomic mass is 10.2. The lowest BCUT2D eigenvalue weighted by Crippen LogP contribution is -1.94. The fourth-order valence-electron chi connectivity index (χ4n) is 0.672. The smallest absolute Gasteiger partial charge is 0.0364 e. The minimum absolute atomic E-state index is 0. The van der Waals surface area contributed by atoms with Gasteiger partial charge in [-0.25, -0.2) is 0 Å². The van der Waals surface area contributed by atoms with Gasteiger partial charge in [-0.2, -0.15) is 0 Å². The molecule has 0 fully saturated rings. The van der Waals surface area contributed by atoms with Crippen LogP contribution in [0.5, 0.6) is 0 Å². The van der Waals surface area contributed by atoms with Crippen LogP contribution in [-0.2, 0) is 0 Å². The molecule has 1 rings (SSSR count). The monoisotopic (exact) mass is 158 g/mol. The van der Waals surface area contributed by atoms with E-state index in [0.29, 0.717) is 0 Å². The van der Waals surface area contributed by atoms with Crippen LogP contribution in [0.3, 0.4) is 0 Å². The summed E-state index contributed by atoms with van der Waals surface area (Å²) in [7, 11) is 0. The summed E-state index contributed by atoms with van der Waals surface area (Å²) in [5.41, 5.74) is 13.6. The Bertz CT molecular complexity index is 203. The molecule has 10 heavy (non-hydrogen) atoms. The van der Waals surface area contributed by atoms with Gasteiger partial charge in [0.05, 0.1) is 0 Å². The van der Waals surface area contributed by atoms with Crippen LogP contribution in [0.1, 0.15) is 5.56 Å². The zero-order valence-electron chi connectivity index (χ0n) is 5.79. The van der Waals surface area contributed by atoms with Crippen molar-refractivity contribution in [2.75, 3.05) is 11.5 Å². The van der Waals surface area contributed by atoms with Crippen molar-refractivity contribution in [3.63, 3.8) is 0 Å². The Morgan fingerprint density at radius 1 is 1.10 bits per heavy atom. The molecule has 0 aromatic heterocycles. The summed E-state index contributed by atoms with van der Waals surface area (Å²) in [6.45, 7) is 1.91. The second-order valence-electron chi connectivity index (χ2n) is 2.06. The molecule has 0 bridgehead atoms. The van der Waals surface area contributed by atoms with Crippen molar-refractivity contribution in [2.24, 2.45) is 0 Å². The number of halogens is 1. The predicted octanol–water partition coefficient (Wildman–Crippen LogP) is 1.58. The topological polar surface area (TPSA) is 52.0 Å². The van der Waals surface area contributed by atoms with Crippen molar-refractivity contribution in [2.45, 2.75) is 6.92 Å². The Morgan fingerprint density at radius 3 is 1.80 bits per heavy atom. The van der Waals surface area contributed by atoms with Crippen molar-refractivity contribution in [3.8, 4) is 0 Å². The molecule has 0 heterocycles. The lowest BCUT2D eigenvalue weighted by Gasteiger charge is -2.00. The molecule has 0 aliphatic heterocycles. The van der Waals surface area contributed by atoms with E-state index in [2.05, 4.69) is 0 Å². The van der Waals surface area contributed by atoms with E-state index in [4.69, 9.17) is 11.5 Å². The van der Waals surface area contributed by atoms with Crippen molar-refractivity contribution >= 4 is 23.8 Å². The van der Waals surface area contributed by atoms with E-state index in [1.807, 2.05) is 25.1 Å². The van der Waals surface area contributed by atoms with Gasteiger partial charge in [-0.05, 0) is 24.6 Å². The Balaban J connectivity index is 0.000000810. The number of benzene rings is 1. The lowest BCUT2D eigenvalue weighted by molar-refractivity contribution is 1.47. The SMILES string of the molecule is Cc1c(N)cccc1N.Cl. The van der Waals surface area contributed by atoms with Crippen LogP contribution in [0.4, 0.5) is 11.4 Å². The molecule has 0 radical (unpaired) electrons. The maximum atomic E-state index is 5.54. The maximum Gasteiger partial charge on any atom is 0.0364 e. The van der Waals surface area contributed by atoms with E-state index in [0.717, 1.165) is 16.9 Å². The summed E-state index contributed by atoms with van der Waals surface area (Å²) in [5, 5.41) is 0. The molecule has 0 spiro atoms. The largest absolute Gasteiger partial charge is 0.398 e. The first-order valence-electron chi connectivity index (χ1n) is 2.82. The van der Waals surface area contributed by atoms with Gasteiger partial charge in [-0.3, -0.25) is 0 Å². The van der Waals surface area contributed by atoms with E-state index >= 15 is 0 Å². The molecule has 1 aromatic carbocycles. The van der Waals surface area contributed by atoms with Gasteiger partial charge in [0.2, 0.25) is 0 Å². The first-order chi connectivity index (χ1) is 4.22. The minimum atomic E-state index is 0. The number of hydrogen-bond donors (Lipinski definition) is 2. The zero-order valence-corrected chi connectivity index (χ0v) is 6.61. The Morgan fingerprint density at radius 2 is 1.50 bits per heavy atom. The summed E-state index contributed by atoms with van der Waals surface area (Å²) in [5.74, 6) is 0. The summed E-state index contributed by atoms with van der Waals surface area (Å²) in [4.78, 5) is 0. The van der Waals surface area contributed by atoms with E-state index in [1.165, 1.54) is 0 Å². The zero-order chi connectivity index (χ0) is 6.85. The average molecular weight is 159 g/mol. The van der Waals surface area contributed by atoms with Gasteiger partial charge < -0.3 is 11.5 Å². The van der Waals surface area contributed by atoms with Gasteiger partial charge in [0.25, 0.3) is 0 Å². The van der Waals surface area contributed by atoms with Crippen LogP contribution in [0.2, 0.25) is 0 Å². The Kier molecular flexibility index (Phi) is 3.03. The quantitative estimate of drug-likeness (QED) is 0.564. The summed E-state index contributed by atoms with van der Waals surface area (Å²) in [6, 6.07) is 5.52. The molecule has 0 aliphatic carbocycles. The van der Waals surface area contributed by atoms with Crippen LogP contribution in [0.15, 0.2) is 18.2 Å². The first kappa shape index (κ1) is 9.11. The van der Waals surface area contributed by atoms with E-state index in [-0.39, 0.29) is 12.4 Å². The third kappa shape index (κ3) is 1.54. The highest BCUT2D eigenvalue weighted by Gasteiger charge is 1.93. The number of nitrogens with two attached hydrogens (primary N) is 2. The van der Waals surface area contributed by atoms with Crippen LogP contribution < -0.4 is 11.5 Å². The van der Waals surface area contributed by atoms with Gasteiger partial charge in [0.1, 0.15) is 0 Å². The van der Waals surface area contributed by atoms with Crippen molar-refractivity contribution in [3.05, 3.63) is 23.8 Å². The van der Waals surface area contributed by atoms with Gasteiger partial charge in [0, 0.05) is 11.4 Å². The average Bonchev–Trinajstić information content (AvgIpc) is 1.83. The second kappa shape index (κ2) is 3.32. The van der Waals surface area contributed by atoms with Crippen molar-refractivity contribution < 1.29 is 0 Å². The third-order valence-electron chi connectivity index (χ3n) is 1.42. The minimum Gasteiger partial charge on any atom is -0.398 e. The van der Waals surface area contributed by atoms with Gasteiger partial charge in [0.15, 0.2) is 0 Å². The van der Waals surface area contributed by atoms with Crippen LogP contribution in [-0.4, -0.2) is 0 Å². The number of anilines is 2. The standard InChI is InChI=1S/C7H10N2.ClH/c1-5-6(8)3-2-4-7(5)9;/h2-4H,8-9H2,1H3;1H. The molecule has 0 saturated carbocycles. The molecule has 0 atom stereocenters. The predicted molar refractivity (Wildman–Crippen MR) is 47.3 cm³/mol. The number of nitrogen functional groups attached to an aromatic ring is 2. The third-order valence-corrected chi connectivity index (χ3v) is 1.42. The highest BCUT2D eigenvalue weighted by molar-refractivity contribution is 5.85. The van der Waals surface area contributed by atoms with Crippen molar-refractivity contribution in [1.82, 2.24) is 0 Å². The van der Waals surface area contributed by atoms with E-state index < -0.39 is 0 Å². The Labute approximate surface area is 66.6 Å². The van der Waals surface area contributed by atoms with Crippen LogP contribution in [0.25, 0.3) is 0 Å². The molecule has 4 N–H and O–H groups in total. The van der Waals surface area contributed by atoms with Crippen molar-refractivity contribution in [1.29, 1.82) is 0 Å². The Hall–Kier alpha value is -0.890. The van der Waals surface area contributed by atoms with Crippen LogP contribution in [0, 0.1) is 6.92 Å². The van der Waals surface area contributed by atoms with Gasteiger partial charge in [-0.1, -0.05) is 6.07 Å². The molecular weight excluding hydrogens is 148 g/mol. The summed E-state index contributed by atoms with van der Waals surface area (Å²) >= 11 is 0. The fourth-order valence-corrected chi connectivity index (χ4v) is 0.672. The van der Waals surface area contributed by atoms with E-state index in [9.17, 15) is 0 Å². The first-order valence-corrected chi connectivity index (χ1v) is 2.82. The summed E-state index contributed by atoms with van der Waals surface area (Å²) < 4.78 is 0. The number of rotatable bonds is 0. The molecule has 56 valence electrons. The number of hydrogen-bond acceptors (Lipinski definition) is 2.